The molecule has 1 aliphatic rings. The molecule has 3 nitrogen and oxygen atoms in total. The first-order chi connectivity index (χ1) is 11.2. The lowest BCUT2D eigenvalue weighted by atomic mass is 9.99. The minimum Gasteiger partial charge on any atom is -0.354 e. The summed E-state index contributed by atoms with van der Waals surface area (Å²) >= 11 is 0. The van der Waals surface area contributed by atoms with Gasteiger partial charge in [-0.15, -0.1) is 0 Å². The van der Waals surface area contributed by atoms with Gasteiger partial charge in [-0.2, -0.15) is 0 Å². The third-order valence-corrected chi connectivity index (χ3v) is 4.68. The highest BCUT2D eigenvalue weighted by molar-refractivity contribution is 5.38. The number of rotatable bonds is 5. The van der Waals surface area contributed by atoms with E-state index in [1.807, 2.05) is 12.3 Å². The first-order valence-electron chi connectivity index (χ1n) is 8.69. The summed E-state index contributed by atoms with van der Waals surface area (Å²) in [6, 6.07) is 15.2. The maximum absolute atomic E-state index is 4.45. The zero-order valence-corrected chi connectivity index (χ0v) is 14.3. The molecule has 23 heavy (non-hydrogen) atoms. The molecule has 0 unspecified atom stereocenters. The maximum atomic E-state index is 4.45. The normalized spacial score (nSPS) is 16.0. The summed E-state index contributed by atoms with van der Waals surface area (Å²) in [4.78, 5) is 9.41. The lowest BCUT2D eigenvalue weighted by Crippen LogP contribution is -2.47. The molecule has 122 valence electrons. The summed E-state index contributed by atoms with van der Waals surface area (Å²) in [5, 5.41) is 0. The van der Waals surface area contributed by atoms with Gasteiger partial charge < -0.3 is 4.90 Å². The molecule has 0 bridgehead atoms. The zero-order valence-electron chi connectivity index (χ0n) is 14.3. The van der Waals surface area contributed by atoms with E-state index in [9.17, 15) is 0 Å². The van der Waals surface area contributed by atoms with Gasteiger partial charge in [-0.25, -0.2) is 4.98 Å². The van der Waals surface area contributed by atoms with Crippen LogP contribution in [0.25, 0.3) is 0 Å². The standard InChI is InChI=1S/C20H27N3/c1-17(2)19-7-5-6-18(16-19)9-11-22-12-14-23(15-13-22)20-8-3-4-10-21-20/h3-8,10,16-17H,9,11-15H2,1-2H3. The summed E-state index contributed by atoms with van der Waals surface area (Å²) < 4.78 is 0. The van der Waals surface area contributed by atoms with Gasteiger partial charge in [-0.3, -0.25) is 4.90 Å². The Balaban J connectivity index is 1.49. The number of nitrogens with zero attached hydrogens (tertiary/aromatic N) is 3. The Morgan fingerprint density at radius 2 is 1.83 bits per heavy atom. The van der Waals surface area contributed by atoms with Crippen LogP contribution in [0.5, 0.6) is 0 Å². The molecule has 0 amide bonds. The molecule has 0 aliphatic carbocycles. The minimum atomic E-state index is 0.608. The van der Waals surface area contributed by atoms with Crippen LogP contribution in [0.2, 0.25) is 0 Å². The Morgan fingerprint density at radius 1 is 1.00 bits per heavy atom. The summed E-state index contributed by atoms with van der Waals surface area (Å²) in [6.07, 6.45) is 3.02. The first-order valence-corrected chi connectivity index (χ1v) is 8.69. The number of piperazine rings is 1. The van der Waals surface area contributed by atoms with E-state index in [1.54, 1.807) is 0 Å². The quantitative estimate of drug-likeness (QED) is 0.842. The molecule has 1 fully saturated rings. The Kier molecular flexibility index (Phi) is 5.29. The summed E-state index contributed by atoms with van der Waals surface area (Å²) in [6.45, 7) is 10.1. The van der Waals surface area contributed by atoms with Crippen LogP contribution >= 0.6 is 0 Å². The van der Waals surface area contributed by atoms with Gasteiger partial charge in [0.1, 0.15) is 5.82 Å². The second kappa shape index (κ2) is 7.60. The van der Waals surface area contributed by atoms with E-state index in [2.05, 4.69) is 65.0 Å². The van der Waals surface area contributed by atoms with Crippen molar-refractivity contribution in [2.45, 2.75) is 26.2 Å². The van der Waals surface area contributed by atoms with Gasteiger partial charge in [0.05, 0.1) is 0 Å². The van der Waals surface area contributed by atoms with Crippen LogP contribution in [0.4, 0.5) is 5.82 Å². The number of hydrogen-bond donors (Lipinski definition) is 0. The van der Waals surface area contributed by atoms with Gasteiger partial charge in [-0.05, 0) is 35.6 Å². The SMILES string of the molecule is CC(C)c1cccc(CCN2CCN(c3ccccn3)CC2)c1. The van der Waals surface area contributed by atoms with Crippen molar-refractivity contribution in [2.75, 3.05) is 37.6 Å². The van der Waals surface area contributed by atoms with Gasteiger partial charge in [0.2, 0.25) is 0 Å². The fourth-order valence-electron chi connectivity index (χ4n) is 3.14. The Labute approximate surface area is 140 Å². The molecule has 0 radical (unpaired) electrons. The van der Waals surface area contributed by atoms with Crippen LogP contribution in [0, 0.1) is 0 Å². The predicted octanol–water partition coefficient (Wildman–Crippen LogP) is 3.57. The smallest absolute Gasteiger partial charge is 0.128 e. The molecule has 1 saturated heterocycles. The Morgan fingerprint density at radius 3 is 2.52 bits per heavy atom. The highest BCUT2D eigenvalue weighted by Crippen LogP contribution is 2.17. The lowest BCUT2D eigenvalue weighted by molar-refractivity contribution is 0.260. The van der Waals surface area contributed by atoms with Crippen LogP contribution < -0.4 is 4.90 Å². The van der Waals surface area contributed by atoms with Crippen molar-refractivity contribution in [3.05, 3.63) is 59.8 Å². The Bertz CT molecular complexity index is 601. The summed E-state index contributed by atoms with van der Waals surface area (Å²) in [5.41, 5.74) is 2.91. The van der Waals surface area contributed by atoms with Crippen LogP contribution in [0.15, 0.2) is 48.7 Å². The molecule has 2 heterocycles. The van der Waals surface area contributed by atoms with Crippen molar-refractivity contribution in [1.29, 1.82) is 0 Å². The average Bonchev–Trinajstić information content (AvgIpc) is 2.61. The van der Waals surface area contributed by atoms with E-state index in [4.69, 9.17) is 0 Å². The minimum absolute atomic E-state index is 0.608. The third kappa shape index (κ3) is 4.32. The van der Waals surface area contributed by atoms with Crippen molar-refractivity contribution in [2.24, 2.45) is 0 Å². The van der Waals surface area contributed by atoms with E-state index < -0.39 is 0 Å². The molecule has 0 spiro atoms. The molecule has 1 aromatic heterocycles. The highest BCUT2D eigenvalue weighted by atomic mass is 15.3. The van der Waals surface area contributed by atoms with Gasteiger partial charge in [0, 0.05) is 38.9 Å². The lowest BCUT2D eigenvalue weighted by Gasteiger charge is -2.35. The van der Waals surface area contributed by atoms with Crippen LogP contribution in [-0.4, -0.2) is 42.6 Å². The van der Waals surface area contributed by atoms with E-state index in [0.29, 0.717) is 5.92 Å². The topological polar surface area (TPSA) is 19.4 Å². The Hall–Kier alpha value is -1.87. The maximum Gasteiger partial charge on any atom is 0.128 e. The summed E-state index contributed by atoms with van der Waals surface area (Å²) in [7, 11) is 0. The number of hydrogen-bond acceptors (Lipinski definition) is 3. The molecule has 0 N–H and O–H groups in total. The first kappa shape index (κ1) is 16.0. The van der Waals surface area contributed by atoms with Crippen molar-refractivity contribution >= 4 is 5.82 Å². The molecule has 1 aromatic carbocycles. The third-order valence-electron chi connectivity index (χ3n) is 4.68. The molecular weight excluding hydrogens is 282 g/mol. The van der Waals surface area contributed by atoms with Crippen LogP contribution in [0.3, 0.4) is 0 Å². The molecule has 3 rings (SSSR count). The summed E-state index contributed by atoms with van der Waals surface area (Å²) in [5.74, 6) is 1.72. The fourth-order valence-corrected chi connectivity index (χ4v) is 3.14. The van der Waals surface area contributed by atoms with Crippen molar-refractivity contribution in [1.82, 2.24) is 9.88 Å². The van der Waals surface area contributed by atoms with Gasteiger partial charge in [0.15, 0.2) is 0 Å². The van der Waals surface area contributed by atoms with E-state index in [0.717, 1.165) is 45.0 Å². The van der Waals surface area contributed by atoms with Gasteiger partial charge >= 0.3 is 0 Å². The van der Waals surface area contributed by atoms with Crippen molar-refractivity contribution in [3.8, 4) is 0 Å². The van der Waals surface area contributed by atoms with E-state index in [1.165, 1.54) is 11.1 Å². The number of anilines is 1. The monoisotopic (exact) mass is 309 g/mol. The average molecular weight is 309 g/mol. The van der Waals surface area contributed by atoms with Gasteiger partial charge in [0.25, 0.3) is 0 Å². The highest BCUT2D eigenvalue weighted by Gasteiger charge is 2.17. The number of pyridine rings is 1. The second-order valence-corrected chi connectivity index (χ2v) is 6.67. The number of benzene rings is 1. The molecule has 2 aromatic rings. The van der Waals surface area contributed by atoms with E-state index in [-0.39, 0.29) is 0 Å². The van der Waals surface area contributed by atoms with Crippen molar-refractivity contribution in [3.63, 3.8) is 0 Å². The molecule has 3 heteroatoms. The van der Waals surface area contributed by atoms with Gasteiger partial charge in [-0.1, -0.05) is 44.2 Å². The molecular formula is C20H27N3. The van der Waals surface area contributed by atoms with Crippen molar-refractivity contribution < 1.29 is 0 Å². The van der Waals surface area contributed by atoms with E-state index >= 15 is 0 Å². The van der Waals surface area contributed by atoms with Crippen LogP contribution in [0.1, 0.15) is 30.9 Å². The molecule has 0 atom stereocenters. The molecule has 0 saturated carbocycles. The fraction of sp³-hybridized carbons (Fsp3) is 0.450. The number of aromatic nitrogens is 1. The predicted molar refractivity (Wildman–Crippen MR) is 97.1 cm³/mol. The zero-order chi connectivity index (χ0) is 16.1. The van der Waals surface area contributed by atoms with Crippen LogP contribution in [-0.2, 0) is 6.42 Å². The molecule has 1 aliphatic heterocycles. The second-order valence-electron chi connectivity index (χ2n) is 6.67. The largest absolute Gasteiger partial charge is 0.354 e.